The van der Waals surface area contributed by atoms with E-state index in [4.69, 9.17) is 9.47 Å². The van der Waals surface area contributed by atoms with Crippen molar-refractivity contribution in [2.45, 2.75) is 20.8 Å². The Hall–Kier alpha value is -2.78. The van der Waals surface area contributed by atoms with Gasteiger partial charge in [0.1, 0.15) is 0 Å². The maximum atomic E-state index is 12.7. The molecule has 1 aliphatic heterocycles. The molecule has 7 nitrogen and oxygen atoms in total. The number of anilines is 1. The average Bonchev–Trinajstić information content (AvgIpc) is 3.08. The number of ether oxygens (including phenoxy) is 2. The van der Waals surface area contributed by atoms with Crippen LogP contribution in [0.5, 0.6) is 11.5 Å². The van der Waals surface area contributed by atoms with Gasteiger partial charge in [0, 0.05) is 18.8 Å². The largest absolute Gasteiger partial charge is 0.493 e. The van der Waals surface area contributed by atoms with Crippen LogP contribution in [0.25, 0.3) is 6.08 Å². The molecule has 0 unspecified atom stereocenters. The molecule has 0 saturated carbocycles. The Bertz CT molecular complexity index is 1100. The van der Waals surface area contributed by atoms with Gasteiger partial charge in [0.25, 0.3) is 11.8 Å². The second kappa shape index (κ2) is 11.4. The fourth-order valence-electron chi connectivity index (χ4n) is 3.13. The van der Waals surface area contributed by atoms with Gasteiger partial charge in [-0.15, -0.1) is 0 Å². The Kier molecular flexibility index (Phi) is 8.57. The van der Waals surface area contributed by atoms with Crippen molar-refractivity contribution in [1.29, 1.82) is 0 Å². The third kappa shape index (κ3) is 6.17. The van der Waals surface area contributed by atoms with Crippen molar-refractivity contribution >= 4 is 56.4 Å². The molecule has 3 rings (SSSR count). The fourth-order valence-corrected chi connectivity index (χ4v) is 4.81. The first-order chi connectivity index (χ1) is 15.9. The zero-order chi connectivity index (χ0) is 24.0. The van der Waals surface area contributed by atoms with Gasteiger partial charge in [0.15, 0.2) is 23.3 Å². The molecule has 0 aliphatic carbocycles. The van der Waals surface area contributed by atoms with Crippen molar-refractivity contribution < 1.29 is 19.1 Å². The number of methoxy groups -OCH3 is 1. The number of benzene rings is 2. The summed E-state index contributed by atoms with van der Waals surface area (Å²) in [7, 11) is 1.53. The topological polar surface area (TPSA) is 80.2 Å². The van der Waals surface area contributed by atoms with Gasteiger partial charge in [-0.3, -0.25) is 19.5 Å². The molecule has 0 radical (unpaired) electrons. The monoisotopic (exact) mass is 531 g/mol. The third-order valence-corrected chi connectivity index (χ3v) is 6.36. The highest BCUT2D eigenvalue weighted by atomic mass is 79.9. The number of thioether (sulfide) groups is 1. The first-order valence-electron chi connectivity index (χ1n) is 10.5. The molecule has 1 fully saturated rings. The van der Waals surface area contributed by atoms with Crippen LogP contribution in [0.3, 0.4) is 0 Å². The Morgan fingerprint density at radius 1 is 1.24 bits per heavy atom. The second-order valence-corrected chi connectivity index (χ2v) is 9.02. The third-order valence-electron chi connectivity index (χ3n) is 4.73. The van der Waals surface area contributed by atoms with Gasteiger partial charge < -0.3 is 14.8 Å². The number of amidine groups is 1. The summed E-state index contributed by atoms with van der Waals surface area (Å²) < 4.78 is 11.8. The Morgan fingerprint density at radius 2 is 1.97 bits per heavy atom. The quantitative estimate of drug-likeness (QED) is 0.479. The Morgan fingerprint density at radius 3 is 2.61 bits per heavy atom. The van der Waals surface area contributed by atoms with Gasteiger partial charge in [0.2, 0.25) is 0 Å². The zero-order valence-electron chi connectivity index (χ0n) is 19.0. The van der Waals surface area contributed by atoms with Crippen LogP contribution in [0.4, 0.5) is 5.69 Å². The molecule has 2 aromatic rings. The highest BCUT2D eigenvalue weighted by Crippen LogP contribution is 2.39. The number of nitrogens with zero attached hydrogens (tertiary/aromatic N) is 2. The fraction of sp³-hybridized carbons (Fsp3) is 0.292. The Labute approximate surface area is 206 Å². The van der Waals surface area contributed by atoms with Gasteiger partial charge in [-0.05, 0) is 84.4 Å². The number of amides is 2. The number of hydrogen-bond acceptors (Lipinski definition) is 6. The highest BCUT2D eigenvalue weighted by molar-refractivity contribution is 9.10. The minimum atomic E-state index is -0.283. The predicted octanol–water partition coefficient (Wildman–Crippen LogP) is 5.10. The number of rotatable bonds is 8. The van der Waals surface area contributed by atoms with Crippen LogP contribution in [0.2, 0.25) is 0 Å². The van der Waals surface area contributed by atoms with E-state index in [0.29, 0.717) is 44.8 Å². The van der Waals surface area contributed by atoms with E-state index >= 15 is 0 Å². The number of carbonyl (C=O) groups is 2. The van der Waals surface area contributed by atoms with Crippen molar-refractivity contribution in [2.24, 2.45) is 4.99 Å². The average molecular weight is 532 g/mol. The molecule has 1 saturated heterocycles. The van der Waals surface area contributed by atoms with Crippen molar-refractivity contribution in [3.8, 4) is 11.5 Å². The molecule has 1 heterocycles. The number of aryl methyl sites for hydroxylation is 1. The lowest BCUT2D eigenvalue weighted by molar-refractivity contribution is -0.122. The van der Waals surface area contributed by atoms with Gasteiger partial charge in [-0.2, -0.15) is 0 Å². The standard InChI is InChI=1S/C24H26BrN3O4S/c1-5-26-24-28(6-2)23(30)20(33-24)13-16-11-18(25)22(19(12-16)31-4)32-14-21(29)27-17-9-7-15(3)8-10-17/h7-13H,5-6,14H2,1-4H3,(H,27,29)/b20-13+,26-24?. The molecule has 0 aromatic heterocycles. The van der Waals surface area contributed by atoms with E-state index in [1.54, 1.807) is 17.0 Å². The van der Waals surface area contributed by atoms with E-state index in [0.717, 1.165) is 11.1 Å². The summed E-state index contributed by atoms with van der Waals surface area (Å²) >= 11 is 4.86. The molecular weight excluding hydrogens is 506 g/mol. The summed E-state index contributed by atoms with van der Waals surface area (Å²) in [6.45, 7) is 6.84. The molecule has 33 heavy (non-hydrogen) atoms. The van der Waals surface area contributed by atoms with E-state index in [1.807, 2.05) is 51.1 Å². The van der Waals surface area contributed by atoms with E-state index in [2.05, 4.69) is 26.2 Å². The minimum absolute atomic E-state index is 0.0714. The molecular formula is C24H26BrN3O4S. The number of likely N-dealkylation sites (N-methyl/N-ethyl adjacent to an activating group) is 1. The Balaban J connectivity index is 1.75. The minimum Gasteiger partial charge on any atom is -0.493 e. The van der Waals surface area contributed by atoms with Gasteiger partial charge in [-0.1, -0.05) is 17.7 Å². The van der Waals surface area contributed by atoms with E-state index in [9.17, 15) is 9.59 Å². The van der Waals surface area contributed by atoms with Crippen molar-refractivity contribution in [1.82, 2.24) is 4.90 Å². The number of halogens is 1. The lowest BCUT2D eigenvalue weighted by Gasteiger charge is -2.14. The maximum Gasteiger partial charge on any atom is 0.266 e. The zero-order valence-corrected chi connectivity index (χ0v) is 21.4. The van der Waals surface area contributed by atoms with Gasteiger partial charge in [-0.25, -0.2) is 0 Å². The van der Waals surface area contributed by atoms with E-state index in [1.165, 1.54) is 18.9 Å². The highest BCUT2D eigenvalue weighted by Gasteiger charge is 2.32. The lowest BCUT2D eigenvalue weighted by Crippen LogP contribution is -2.28. The van der Waals surface area contributed by atoms with Crippen LogP contribution in [-0.4, -0.2) is 48.7 Å². The molecule has 1 N–H and O–H groups in total. The molecule has 0 spiro atoms. The van der Waals surface area contributed by atoms with Crippen LogP contribution < -0.4 is 14.8 Å². The number of carbonyl (C=O) groups excluding carboxylic acids is 2. The van der Waals surface area contributed by atoms with E-state index < -0.39 is 0 Å². The summed E-state index contributed by atoms with van der Waals surface area (Å²) in [6, 6.07) is 11.1. The van der Waals surface area contributed by atoms with E-state index in [-0.39, 0.29) is 18.4 Å². The molecule has 0 atom stereocenters. The number of hydrogen-bond donors (Lipinski definition) is 1. The molecule has 2 aromatic carbocycles. The summed E-state index contributed by atoms with van der Waals surface area (Å²) in [5, 5.41) is 3.51. The molecule has 1 aliphatic rings. The number of aliphatic imine (C=N–C) groups is 1. The SMILES string of the molecule is CCN=C1S/C(=C/c2cc(Br)c(OCC(=O)Nc3ccc(C)cc3)c(OC)c2)C(=O)N1CC. The van der Waals surface area contributed by atoms with Crippen LogP contribution in [0.15, 0.2) is 50.8 Å². The van der Waals surface area contributed by atoms with Crippen molar-refractivity contribution in [2.75, 3.05) is 32.1 Å². The van der Waals surface area contributed by atoms with Crippen LogP contribution in [0.1, 0.15) is 25.0 Å². The predicted molar refractivity (Wildman–Crippen MR) is 137 cm³/mol. The summed E-state index contributed by atoms with van der Waals surface area (Å²) in [5.41, 5.74) is 2.58. The van der Waals surface area contributed by atoms with Gasteiger partial charge >= 0.3 is 0 Å². The first kappa shape index (κ1) is 24.9. The molecule has 0 bridgehead atoms. The first-order valence-corrected chi connectivity index (χ1v) is 12.1. The summed E-state index contributed by atoms with van der Waals surface area (Å²) in [6.07, 6.45) is 1.80. The van der Waals surface area contributed by atoms with Crippen molar-refractivity contribution in [3.05, 3.63) is 56.9 Å². The lowest BCUT2D eigenvalue weighted by atomic mass is 10.2. The normalized spacial score (nSPS) is 15.9. The second-order valence-electron chi connectivity index (χ2n) is 7.15. The van der Waals surface area contributed by atoms with Crippen LogP contribution in [-0.2, 0) is 9.59 Å². The smallest absolute Gasteiger partial charge is 0.266 e. The number of nitrogens with one attached hydrogen (secondary N) is 1. The van der Waals surface area contributed by atoms with Crippen LogP contribution >= 0.6 is 27.7 Å². The van der Waals surface area contributed by atoms with Crippen molar-refractivity contribution in [3.63, 3.8) is 0 Å². The summed E-state index contributed by atoms with van der Waals surface area (Å²) in [4.78, 5) is 31.7. The van der Waals surface area contributed by atoms with Gasteiger partial charge in [0.05, 0.1) is 16.5 Å². The molecule has 9 heteroatoms. The summed E-state index contributed by atoms with van der Waals surface area (Å²) in [5.74, 6) is 0.504. The maximum absolute atomic E-state index is 12.7. The van der Waals surface area contributed by atoms with Crippen LogP contribution in [0, 0.1) is 6.92 Å². The molecule has 2 amide bonds. The molecule has 174 valence electrons.